The van der Waals surface area contributed by atoms with Gasteiger partial charge < -0.3 is 20.3 Å². The number of ether oxygens (including phenoxy) is 1. The quantitative estimate of drug-likeness (QED) is 0.909. The average Bonchev–Trinajstić information content (AvgIpc) is 2.54. The summed E-state index contributed by atoms with van der Waals surface area (Å²) in [4.78, 5) is 13.3. The number of benzene rings is 2. The number of fused-ring (bicyclic) bond motifs is 1. The van der Waals surface area contributed by atoms with E-state index in [1.165, 1.54) is 0 Å². The van der Waals surface area contributed by atoms with Crippen molar-refractivity contribution in [2.24, 2.45) is 0 Å². The number of carbonyl (C=O) groups is 1. The molecule has 1 fully saturated rings. The lowest BCUT2D eigenvalue weighted by Crippen LogP contribution is -2.48. The predicted molar refractivity (Wildman–Crippen MR) is 92.1 cm³/mol. The van der Waals surface area contributed by atoms with Crippen LogP contribution in [0.5, 0.6) is 5.75 Å². The molecule has 0 aromatic heterocycles. The van der Waals surface area contributed by atoms with Gasteiger partial charge in [0.1, 0.15) is 11.9 Å². The van der Waals surface area contributed by atoms with Gasteiger partial charge in [-0.2, -0.15) is 0 Å². The minimum Gasteiger partial charge on any atom is -0.482 e. The maximum atomic E-state index is 13.0. The van der Waals surface area contributed by atoms with E-state index in [2.05, 4.69) is 16.7 Å². The highest BCUT2D eigenvalue weighted by Gasteiger charge is 2.26. The Balaban J connectivity index is 1.52. The van der Waals surface area contributed by atoms with Crippen molar-refractivity contribution in [1.29, 1.82) is 0 Å². The standard InChI is InChI=1S/C18H18FN3O2/c1-11-6-14(22-8-12(19)9-22)3-5-15(11)20-13-2-4-16-17(7-13)24-10-18(23)21-16/h2-7,12,20H,8-10H2,1H3,(H,21,23). The van der Waals surface area contributed by atoms with Gasteiger partial charge in [0.05, 0.1) is 18.8 Å². The second-order valence-electron chi connectivity index (χ2n) is 6.17. The smallest absolute Gasteiger partial charge is 0.262 e. The molecule has 2 aromatic rings. The lowest BCUT2D eigenvalue weighted by Gasteiger charge is -2.36. The summed E-state index contributed by atoms with van der Waals surface area (Å²) in [5, 5.41) is 6.13. The summed E-state index contributed by atoms with van der Waals surface area (Å²) in [6, 6.07) is 11.6. The number of alkyl halides is 1. The number of halogens is 1. The van der Waals surface area contributed by atoms with Crippen LogP contribution in [0.25, 0.3) is 0 Å². The van der Waals surface area contributed by atoms with Crippen LogP contribution in [0.15, 0.2) is 36.4 Å². The molecule has 24 heavy (non-hydrogen) atoms. The Morgan fingerprint density at radius 1 is 1.25 bits per heavy atom. The fourth-order valence-corrected chi connectivity index (χ4v) is 2.93. The minimum atomic E-state index is -0.709. The van der Waals surface area contributed by atoms with Gasteiger partial charge in [0, 0.05) is 23.1 Å². The molecule has 2 heterocycles. The van der Waals surface area contributed by atoms with Crippen molar-refractivity contribution >= 4 is 28.7 Å². The molecule has 0 spiro atoms. The minimum absolute atomic E-state index is 0.0373. The first kappa shape index (κ1) is 14.8. The average molecular weight is 327 g/mol. The van der Waals surface area contributed by atoms with Crippen LogP contribution in [0, 0.1) is 6.92 Å². The summed E-state index contributed by atoms with van der Waals surface area (Å²) >= 11 is 0. The molecule has 1 amide bonds. The number of aryl methyl sites for hydroxylation is 1. The van der Waals surface area contributed by atoms with Gasteiger partial charge >= 0.3 is 0 Å². The van der Waals surface area contributed by atoms with E-state index in [1.54, 1.807) is 0 Å². The molecule has 2 aliphatic heterocycles. The predicted octanol–water partition coefficient (Wildman–Crippen LogP) is 3.23. The monoisotopic (exact) mass is 327 g/mol. The molecule has 5 nitrogen and oxygen atoms in total. The Kier molecular flexibility index (Phi) is 3.52. The summed E-state index contributed by atoms with van der Waals surface area (Å²) in [6.07, 6.45) is -0.709. The first-order chi connectivity index (χ1) is 11.6. The highest BCUT2D eigenvalue weighted by atomic mass is 19.1. The van der Waals surface area contributed by atoms with Crippen LogP contribution in [0.4, 0.5) is 27.1 Å². The van der Waals surface area contributed by atoms with Crippen molar-refractivity contribution in [2.45, 2.75) is 13.1 Å². The number of anilines is 4. The van der Waals surface area contributed by atoms with E-state index in [-0.39, 0.29) is 12.5 Å². The van der Waals surface area contributed by atoms with Crippen LogP contribution < -0.4 is 20.3 Å². The maximum absolute atomic E-state index is 13.0. The molecule has 0 aliphatic carbocycles. The zero-order valence-electron chi connectivity index (χ0n) is 13.3. The lowest BCUT2D eigenvalue weighted by atomic mass is 10.1. The van der Waals surface area contributed by atoms with E-state index in [9.17, 15) is 9.18 Å². The van der Waals surface area contributed by atoms with E-state index in [1.807, 2.05) is 42.2 Å². The Hall–Kier alpha value is -2.76. The number of carbonyl (C=O) groups excluding carboxylic acids is 1. The summed E-state index contributed by atoms with van der Waals surface area (Å²) < 4.78 is 18.4. The first-order valence-electron chi connectivity index (χ1n) is 7.92. The number of hydrogen-bond donors (Lipinski definition) is 2. The zero-order valence-corrected chi connectivity index (χ0v) is 13.3. The van der Waals surface area contributed by atoms with Crippen molar-refractivity contribution in [3.05, 3.63) is 42.0 Å². The number of rotatable bonds is 3. The molecule has 0 atom stereocenters. The molecular formula is C18H18FN3O2. The Morgan fingerprint density at radius 3 is 2.83 bits per heavy atom. The second kappa shape index (κ2) is 5.70. The van der Waals surface area contributed by atoms with Crippen molar-refractivity contribution < 1.29 is 13.9 Å². The lowest BCUT2D eigenvalue weighted by molar-refractivity contribution is -0.118. The van der Waals surface area contributed by atoms with Crippen LogP contribution in [0.1, 0.15) is 5.56 Å². The van der Waals surface area contributed by atoms with E-state index < -0.39 is 6.17 Å². The molecule has 1 saturated heterocycles. The topological polar surface area (TPSA) is 53.6 Å². The number of nitrogens with zero attached hydrogens (tertiary/aromatic N) is 1. The Labute approximate surface area is 139 Å². The van der Waals surface area contributed by atoms with Crippen molar-refractivity contribution in [2.75, 3.05) is 35.2 Å². The highest BCUT2D eigenvalue weighted by Crippen LogP contribution is 2.33. The van der Waals surface area contributed by atoms with Crippen molar-refractivity contribution in [1.82, 2.24) is 0 Å². The molecule has 0 bridgehead atoms. The third kappa shape index (κ3) is 2.75. The Bertz CT molecular complexity index is 803. The van der Waals surface area contributed by atoms with Gasteiger partial charge in [0.25, 0.3) is 5.91 Å². The van der Waals surface area contributed by atoms with Crippen molar-refractivity contribution in [3.63, 3.8) is 0 Å². The zero-order chi connectivity index (χ0) is 16.7. The molecule has 0 unspecified atom stereocenters. The van der Waals surface area contributed by atoms with E-state index in [0.717, 1.165) is 22.6 Å². The summed E-state index contributed by atoms with van der Waals surface area (Å²) in [5.41, 5.74) is 4.68. The van der Waals surface area contributed by atoms with Crippen LogP contribution >= 0.6 is 0 Å². The summed E-state index contributed by atoms with van der Waals surface area (Å²) in [5.74, 6) is 0.514. The van der Waals surface area contributed by atoms with Gasteiger partial charge in [-0.05, 0) is 42.8 Å². The van der Waals surface area contributed by atoms with Crippen LogP contribution in [-0.2, 0) is 4.79 Å². The van der Waals surface area contributed by atoms with E-state index >= 15 is 0 Å². The second-order valence-corrected chi connectivity index (χ2v) is 6.17. The molecule has 2 N–H and O–H groups in total. The number of amides is 1. The molecule has 124 valence electrons. The molecule has 6 heteroatoms. The maximum Gasteiger partial charge on any atom is 0.262 e. The summed E-state index contributed by atoms with van der Waals surface area (Å²) in [6.45, 7) is 3.00. The molecular weight excluding hydrogens is 309 g/mol. The third-order valence-electron chi connectivity index (χ3n) is 4.31. The molecule has 0 saturated carbocycles. The number of nitrogens with one attached hydrogen (secondary N) is 2. The largest absolute Gasteiger partial charge is 0.482 e. The Morgan fingerprint density at radius 2 is 2.08 bits per heavy atom. The summed E-state index contributed by atoms with van der Waals surface area (Å²) in [7, 11) is 0. The molecule has 2 aromatic carbocycles. The van der Waals surface area contributed by atoms with Crippen LogP contribution in [0.3, 0.4) is 0 Å². The van der Waals surface area contributed by atoms with Gasteiger partial charge in [0.15, 0.2) is 6.61 Å². The van der Waals surface area contributed by atoms with Gasteiger partial charge in [-0.1, -0.05) is 0 Å². The SMILES string of the molecule is Cc1cc(N2CC(F)C2)ccc1Nc1ccc2c(c1)OCC(=O)N2. The van der Waals surface area contributed by atoms with Crippen molar-refractivity contribution in [3.8, 4) is 5.75 Å². The fourth-order valence-electron chi connectivity index (χ4n) is 2.93. The van der Waals surface area contributed by atoms with Crippen LogP contribution in [0.2, 0.25) is 0 Å². The molecule has 0 radical (unpaired) electrons. The third-order valence-corrected chi connectivity index (χ3v) is 4.31. The first-order valence-corrected chi connectivity index (χ1v) is 7.92. The molecule has 4 rings (SSSR count). The van der Waals surface area contributed by atoms with Gasteiger partial charge in [-0.15, -0.1) is 0 Å². The van der Waals surface area contributed by atoms with Crippen LogP contribution in [-0.4, -0.2) is 31.8 Å². The number of hydrogen-bond acceptors (Lipinski definition) is 4. The highest BCUT2D eigenvalue weighted by molar-refractivity contribution is 5.95. The van der Waals surface area contributed by atoms with Gasteiger partial charge in [-0.25, -0.2) is 4.39 Å². The van der Waals surface area contributed by atoms with E-state index in [0.29, 0.717) is 24.5 Å². The fraction of sp³-hybridized carbons (Fsp3) is 0.278. The van der Waals surface area contributed by atoms with Gasteiger partial charge in [-0.3, -0.25) is 4.79 Å². The molecule has 2 aliphatic rings. The normalized spacial score (nSPS) is 16.8. The van der Waals surface area contributed by atoms with Gasteiger partial charge in [0.2, 0.25) is 0 Å². The van der Waals surface area contributed by atoms with E-state index in [4.69, 9.17) is 4.74 Å².